The third-order valence-electron chi connectivity index (χ3n) is 4.16. The first-order chi connectivity index (χ1) is 11.6. The fourth-order valence-electron chi connectivity index (χ4n) is 3.12. The maximum absolute atomic E-state index is 14.1. The number of aromatic nitrogens is 2. The highest BCUT2D eigenvalue weighted by Crippen LogP contribution is 2.32. The molecule has 4 aromatic rings. The Morgan fingerprint density at radius 3 is 2.75 bits per heavy atom. The molecule has 0 amide bonds. The Kier molecular flexibility index (Phi) is 3.27. The third kappa shape index (κ3) is 2.22. The predicted molar refractivity (Wildman–Crippen MR) is 89.4 cm³/mol. The standard InChI is InChI=1S/C19H13FN2O2/c20-16-4-2-1-3-13(16)12-5-6-17-14(9-12)15(10-19(23)24)18-7-8-21-11-22(17)18/h1-9,11H,10H2,(H,23,24). The van der Waals surface area contributed by atoms with E-state index in [0.29, 0.717) is 11.1 Å². The smallest absolute Gasteiger partial charge is 0.307 e. The minimum atomic E-state index is -0.905. The van der Waals surface area contributed by atoms with Crippen molar-refractivity contribution in [3.05, 3.63) is 72.4 Å². The highest BCUT2D eigenvalue weighted by Gasteiger charge is 2.15. The van der Waals surface area contributed by atoms with Gasteiger partial charge in [-0.25, -0.2) is 9.37 Å². The summed E-state index contributed by atoms with van der Waals surface area (Å²) >= 11 is 0. The lowest BCUT2D eigenvalue weighted by Gasteiger charge is -2.04. The van der Waals surface area contributed by atoms with Crippen LogP contribution in [0.15, 0.2) is 61.1 Å². The Balaban J connectivity index is 2.04. The van der Waals surface area contributed by atoms with E-state index < -0.39 is 5.97 Å². The van der Waals surface area contributed by atoms with Crippen LogP contribution in [0.1, 0.15) is 5.56 Å². The molecular weight excluding hydrogens is 307 g/mol. The summed E-state index contributed by atoms with van der Waals surface area (Å²) in [6, 6.07) is 13.9. The summed E-state index contributed by atoms with van der Waals surface area (Å²) in [4.78, 5) is 15.4. The van der Waals surface area contributed by atoms with Crippen molar-refractivity contribution < 1.29 is 14.3 Å². The zero-order chi connectivity index (χ0) is 16.7. The molecule has 0 spiro atoms. The molecule has 118 valence electrons. The largest absolute Gasteiger partial charge is 0.481 e. The van der Waals surface area contributed by atoms with Gasteiger partial charge in [0.15, 0.2) is 0 Å². The topological polar surface area (TPSA) is 54.6 Å². The lowest BCUT2D eigenvalue weighted by molar-refractivity contribution is -0.136. The monoisotopic (exact) mass is 320 g/mol. The summed E-state index contributed by atoms with van der Waals surface area (Å²) < 4.78 is 15.9. The fraction of sp³-hybridized carbons (Fsp3) is 0.0526. The van der Waals surface area contributed by atoms with Crippen LogP contribution in [0, 0.1) is 5.82 Å². The van der Waals surface area contributed by atoms with Crippen molar-refractivity contribution in [3.63, 3.8) is 0 Å². The van der Waals surface area contributed by atoms with Gasteiger partial charge in [0.05, 0.1) is 23.8 Å². The maximum atomic E-state index is 14.1. The van der Waals surface area contributed by atoms with Crippen molar-refractivity contribution in [3.8, 4) is 11.1 Å². The molecule has 2 aromatic heterocycles. The molecular formula is C19H13FN2O2. The normalized spacial score (nSPS) is 11.2. The van der Waals surface area contributed by atoms with Gasteiger partial charge in [0.1, 0.15) is 5.82 Å². The first-order valence-electron chi connectivity index (χ1n) is 7.48. The van der Waals surface area contributed by atoms with E-state index >= 15 is 0 Å². The number of rotatable bonds is 3. The molecule has 0 aliphatic heterocycles. The molecule has 0 saturated carbocycles. The summed E-state index contributed by atoms with van der Waals surface area (Å²) in [5, 5.41) is 10.0. The molecule has 0 unspecified atom stereocenters. The molecule has 0 radical (unpaired) electrons. The molecule has 4 nitrogen and oxygen atoms in total. The molecule has 5 heteroatoms. The number of halogens is 1. The second-order valence-corrected chi connectivity index (χ2v) is 5.60. The molecule has 24 heavy (non-hydrogen) atoms. The van der Waals surface area contributed by atoms with E-state index in [-0.39, 0.29) is 12.2 Å². The van der Waals surface area contributed by atoms with E-state index in [4.69, 9.17) is 0 Å². The number of carboxylic acid groups (broad SMARTS) is 1. The van der Waals surface area contributed by atoms with E-state index in [9.17, 15) is 14.3 Å². The number of hydrogen-bond donors (Lipinski definition) is 1. The summed E-state index contributed by atoms with van der Waals surface area (Å²) in [6.45, 7) is 0. The Bertz CT molecular complexity index is 1090. The van der Waals surface area contributed by atoms with Crippen LogP contribution in [0.2, 0.25) is 0 Å². The van der Waals surface area contributed by atoms with E-state index in [1.807, 2.05) is 22.6 Å². The van der Waals surface area contributed by atoms with Crippen LogP contribution in [0.3, 0.4) is 0 Å². The minimum Gasteiger partial charge on any atom is -0.481 e. The van der Waals surface area contributed by atoms with Crippen LogP contribution in [0.4, 0.5) is 4.39 Å². The van der Waals surface area contributed by atoms with Crippen LogP contribution < -0.4 is 0 Å². The molecule has 2 heterocycles. The van der Waals surface area contributed by atoms with Gasteiger partial charge in [0.25, 0.3) is 0 Å². The first kappa shape index (κ1) is 14.4. The van der Waals surface area contributed by atoms with Gasteiger partial charge in [-0.15, -0.1) is 0 Å². The Morgan fingerprint density at radius 2 is 1.96 bits per heavy atom. The molecule has 0 atom stereocenters. The average molecular weight is 320 g/mol. The number of carbonyl (C=O) groups is 1. The molecule has 4 rings (SSSR count). The zero-order valence-corrected chi connectivity index (χ0v) is 12.6. The quantitative estimate of drug-likeness (QED) is 0.622. The number of fused-ring (bicyclic) bond motifs is 3. The van der Waals surface area contributed by atoms with E-state index in [1.54, 1.807) is 36.8 Å². The average Bonchev–Trinajstić information content (AvgIpc) is 2.89. The number of nitrogens with zero attached hydrogens (tertiary/aromatic N) is 2. The Morgan fingerprint density at radius 1 is 1.12 bits per heavy atom. The van der Waals surface area contributed by atoms with Gasteiger partial charge in [-0.2, -0.15) is 0 Å². The van der Waals surface area contributed by atoms with Crippen LogP contribution in [-0.2, 0) is 11.2 Å². The fourth-order valence-corrected chi connectivity index (χ4v) is 3.12. The van der Waals surface area contributed by atoms with Gasteiger partial charge < -0.3 is 9.51 Å². The molecule has 0 fully saturated rings. The van der Waals surface area contributed by atoms with Crippen molar-refractivity contribution in [2.45, 2.75) is 6.42 Å². The van der Waals surface area contributed by atoms with Crippen molar-refractivity contribution in [1.82, 2.24) is 9.38 Å². The Labute approximate surface area is 136 Å². The first-order valence-corrected chi connectivity index (χ1v) is 7.48. The van der Waals surface area contributed by atoms with E-state index in [1.165, 1.54) is 6.07 Å². The number of carboxylic acids is 1. The van der Waals surface area contributed by atoms with Crippen LogP contribution >= 0.6 is 0 Å². The van der Waals surface area contributed by atoms with E-state index in [2.05, 4.69) is 4.98 Å². The lowest BCUT2D eigenvalue weighted by Crippen LogP contribution is -2.00. The number of aliphatic carboxylic acids is 1. The third-order valence-corrected chi connectivity index (χ3v) is 4.16. The van der Waals surface area contributed by atoms with Crippen LogP contribution in [0.5, 0.6) is 0 Å². The van der Waals surface area contributed by atoms with Gasteiger partial charge in [-0.1, -0.05) is 24.3 Å². The van der Waals surface area contributed by atoms with Crippen molar-refractivity contribution in [1.29, 1.82) is 0 Å². The molecule has 0 aliphatic carbocycles. The molecule has 1 N–H and O–H groups in total. The summed E-state index contributed by atoms with van der Waals surface area (Å²) in [6.07, 6.45) is 3.20. The highest BCUT2D eigenvalue weighted by atomic mass is 19.1. The number of hydrogen-bond acceptors (Lipinski definition) is 2. The second kappa shape index (κ2) is 5.45. The lowest BCUT2D eigenvalue weighted by atomic mass is 10.0. The van der Waals surface area contributed by atoms with Crippen molar-refractivity contribution in [2.24, 2.45) is 0 Å². The highest BCUT2D eigenvalue weighted by molar-refractivity contribution is 5.97. The predicted octanol–water partition coefficient (Wildman–Crippen LogP) is 3.92. The van der Waals surface area contributed by atoms with E-state index in [0.717, 1.165) is 22.0 Å². The van der Waals surface area contributed by atoms with Gasteiger partial charge in [-0.05, 0) is 35.4 Å². The summed E-state index contributed by atoms with van der Waals surface area (Å²) in [5.41, 5.74) is 3.57. The second-order valence-electron chi connectivity index (χ2n) is 5.60. The molecule has 0 saturated heterocycles. The van der Waals surface area contributed by atoms with Crippen LogP contribution in [0.25, 0.3) is 27.5 Å². The molecule has 0 aliphatic rings. The summed E-state index contributed by atoms with van der Waals surface area (Å²) in [5.74, 6) is -1.21. The Hall–Kier alpha value is -3.21. The minimum absolute atomic E-state index is 0.0995. The summed E-state index contributed by atoms with van der Waals surface area (Å²) in [7, 11) is 0. The van der Waals surface area contributed by atoms with Crippen LogP contribution in [-0.4, -0.2) is 20.5 Å². The zero-order valence-electron chi connectivity index (χ0n) is 12.6. The number of benzene rings is 2. The van der Waals surface area contributed by atoms with Crippen molar-refractivity contribution in [2.75, 3.05) is 0 Å². The van der Waals surface area contributed by atoms with Gasteiger partial charge in [0, 0.05) is 17.1 Å². The van der Waals surface area contributed by atoms with Gasteiger partial charge >= 0.3 is 5.97 Å². The molecule has 2 aromatic carbocycles. The molecule has 0 bridgehead atoms. The van der Waals surface area contributed by atoms with Crippen molar-refractivity contribution >= 4 is 22.4 Å². The maximum Gasteiger partial charge on any atom is 0.307 e. The van der Waals surface area contributed by atoms with Gasteiger partial charge in [0.2, 0.25) is 0 Å². The SMILES string of the molecule is O=C(O)Cc1c2cc(-c3ccccc3F)ccc2n2cnccc12. The van der Waals surface area contributed by atoms with Gasteiger partial charge in [-0.3, -0.25) is 4.79 Å².